The second-order valence-corrected chi connectivity index (χ2v) is 0.697. The van der Waals surface area contributed by atoms with E-state index in [0.717, 1.165) is 0 Å². The van der Waals surface area contributed by atoms with Crippen LogP contribution in [0.1, 0.15) is 9.16 Å². The van der Waals surface area contributed by atoms with E-state index in [1.807, 2.05) is 0 Å². The molecule has 0 spiro atoms. The molecule has 0 aromatic rings. The molecule has 0 aliphatic heterocycles. The van der Waals surface area contributed by atoms with E-state index in [1.165, 1.54) is 0 Å². The zero-order chi connectivity index (χ0) is 5.91. The Hall–Kier alpha value is -0.0800. The molecule has 0 rings (SSSR count). The van der Waals surface area contributed by atoms with Gasteiger partial charge in [-0.1, -0.05) is 0 Å². The molecule has 0 aliphatic carbocycles. The van der Waals surface area contributed by atoms with Crippen LogP contribution in [0.3, 0.4) is 0 Å². The van der Waals surface area contributed by atoms with Gasteiger partial charge in [0.05, 0.1) is 2.74 Å². The van der Waals surface area contributed by atoms with E-state index in [1.54, 1.807) is 0 Å². The molecular weight excluding hydrogens is 66.0 g/mol. The van der Waals surface area contributed by atoms with E-state index >= 15 is 0 Å². The maximum Gasteiger partial charge on any atom is 0.0564 e. The van der Waals surface area contributed by atoms with Crippen LogP contribution in [0.4, 0.5) is 0 Å². The zero-order valence-electron chi connectivity index (χ0n) is 4.94. The van der Waals surface area contributed by atoms with E-state index < -0.39 is 6.56 Å². The Labute approximate surface area is 34.4 Å². The minimum absolute atomic E-state index is 0.00694. The summed E-state index contributed by atoms with van der Waals surface area (Å²) in [5.41, 5.74) is 4.91. The Morgan fingerprint density at radius 3 is 2.60 bits per heavy atom. The third-order valence-corrected chi connectivity index (χ3v) is 0.256. The summed E-state index contributed by atoms with van der Waals surface area (Å²) < 4.78 is 12.9. The van der Waals surface area contributed by atoms with Gasteiger partial charge in [0.1, 0.15) is 0 Å². The number of hydrogen-bond acceptors (Lipinski definition) is 2. The first kappa shape index (κ1) is 2.16. The Morgan fingerprint density at radius 2 is 2.60 bits per heavy atom. The molecular formula is C3H9NO. The van der Waals surface area contributed by atoms with Gasteiger partial charge in [-0.25, -0.2) is 0 Å². The molecule has 5 heavy (non-hydrogen) atoms. The van der Waals surface area contributed by atoms with E-state index in [4.69, 9.17) is 13.6 Å². The molecule has 2 heteroatoms. The largest absolute Gasteiger partial charge is 0.396 e. The minimum atomic E-state index is -2.07. The minimum Gasteiger partial charge on any atom is -0.396 e. The first-order chi connectivity index (χ1) is 3.06. The lowest BCUT2D eigenvalue weighted by molar-refractivity contribution is 0.291. The molecule has 3 N–H and O–H groups in total. The van der Waals surface area contributed by atoms with Crippen molar-refractivity contribution in [2.75, 3.05) is 13.1 Å². The average Bonchev–Trinajstić information content (AvgIpc) is 1.30. The molecule has 0 unspecified atom stereocenters. The molecule has 2 nitrogen and oxygen atoms in total. The molecule has 0 saturated carbocycles. The highest BCUT2D eigenvalue weighted by molar-refractivity contribution is 4.28. The number of hydrogen-bond donors (Lipinski definition) is 2. The molecule has 0 bridgehead atoms. The summed E-state index contributed by atoms with van der Waals surface area (Å²) in [7, 11) is 0. The SMILES string of the molecule is [2H]C([2H])(O)CCN. The quantitative estimate of drug-likeness (QED) is 0.459. The molecule has 0 saturated heterocycles. The first-order valence-corrected chi connectivity index (χ1v) is 1.49. The van der Waals surface area contributed by atoms with Crippen molar-refractivity contribution >= 4 is 0 Å². The second kappa shape index (κ2) is 3.92. The van der Waals surface area contributed by atoms with Crippen LogP contribution < -0.4 is 5.73 Å². The summed E-state index contributed by atoms with van der Waals surface area (Å²) in [6, 6.07) is 0. The number of rotatable bonds is 2. The van der Waals surface area contributed by atoms with Gasteiger partial charge >= 0.3 is 0 Å². The van der Waals surface area contributed by atoms with Gasteiger partial charge in [0, 0.05) is 6.56 Å². The highest BCUT2D eigenvalue weighted by Crippen LogP contribution is 1.62. The van der Waals surface area contributed by atoms with Crippen molar-refractivity contribution in [2.24, 2.45) is 5.73 Å². The fourth-order valence-electron chi connectivity index (χ4n) is 0.0645. The van der Waals surface area contributed by atoms with Crippen LogP contribution in [0, 0.1) is 0 Å². The fourth-order valence-corrected chi connectivity index (χ4v) is 0.0645. The van der Waals surface area contributed by atoms with E-state index in [-0.39, 0.29) is 13.0 Å². The maximum atomic E-state index is 8.27. The van der Waals surface area contributed by atoms with E-state index in [9.17, 15) is 0 Å². The third kappa shape index (κ3) is 3.92. The van der Waals surface area contributed by atoms with Crippen molar-refractivity contribution in [3.8, 4) is 0 Å². The Morgan fingerprint density at radius 1 is 2.00 bits per heavy atom. The number of aliphatic hydroxyl groups is 1. The Kier molecular flexibility index (Phi) is 1.69. The Bertz CT molecular complexity index is 51.4. The van der Waals surface area contributed by atoms with Crippen molar-refractivity contribution in [3.63, 3.8) is 0 Å². The summed E-state index contributed by atoms with van der Waals surface area (Å²) >= 11 is 0. The fraction of sp³-hybridized carbons (Fsp3) is 1.00. The topological polar surface area (TPSA) is 46.2 Å². The molecule has 0 fully saturated rings. The van der Waals surface area contributed by atoms with Crippen molar-refractivity contribution < 1.29 is 7.85 Å². The monoisotopic (exact) mass is 77.1 g/mol. The molecule has 0 aliphatic rings. The van der Waals surface area contributed by atoms with Gasteiger partial charge in [-0.3, -0.25) is 0 Å². The number of nitrogens with two attached hydrogens (primary N) is 1. The van der Waals surface area contributed by atoms with Gasteiger partial charge < -0.3 is 10.8 Å². The smallest absolute Gasteiger partial charge is 0.0564 e. The van der Waals surface area contributed by atoms with Crippen LogP contribution in [-0.2, 0) is 0 Å². The standard InChI is InChI=1S/C3H9NO/c4-2-1-3-5/h5H,1-4H2/i3D2. The molecule has 0 radical (unpaired) electrons. The lowest BCUT2D eigenvalue weighted by Crippen LogP contribution is -1.99. The summed E-state index contributed by atoms with van der Waals surface area (Å²) in [5.74, 6) is 0. The predicted octanol–water partition coefficient (Wildman–Crippen LogP) is -0.673. The van der Waals surface area contributed by atoms with Crippen LogP contribution >= 0.6 is 0 Å². The summed E-state index contributed by atoms with van der Waals surface area (Å²) in [4.78, 5) is 0. The lowest BCUT2D eigenvalue weighted by Gasteiger charge is -1.80. The van der Waals surface area contributed by atoms with Crippen LogP contribution in [0.2, 0.25) is 0 Å². The van der Waals surface area contributed by atoms with Crippen LogP contribution in [0.5, 0.6) is 0 Å². The predicted molar refractivity (Wildman–Crippen MR) is 20.8 cm³/mol. The van der Waals surface area contributed by atoms with Crippen molar-refractivity contribution in [1.82, 2.24) is 0 Å². The van der Waals surface area contributed by atoms with Crippen LogP contribution in [0.25, 0.3) is 0 Å². The molecule has 0 heterocycles. The second-order valence-electron chi connectivity index (χ2n) is 0.697. The van der Waals surface area contributed by atoms with Crippen molar-refractivity contribution in [1.29, 1.82) is 0 Å². The highest BCUT2D eigenvalue weighted by atomic mass is 16.2. The van der Waals surface area contributed by atoms with Gasteiger partial charge in [-0.05, 0) is 13.0 Å². The van der Waals surface area contributed by atoms with Gasteiger partial charge in [0.2, 0.25) is 0 Å². The molecule has 0 amide bonds. The van der Waals surface area contributed by atoms with Gasteiger partial charge in [0.25, 0.3) is 0 Å². The zero-order valence-corrected chi connectivity index (χ0v) is 2.94. The highest BCUT2D eigenvalue weighted by Gasteiger charge is 1.69. The third-order valence-electron chi connectivity index (χ3n) is 0.256. The normalized spacial score (nSPS) is 17.2. The maximum absolute atomic E-state index is 8.27. The Balaban J connectivity index is 3.15. The molecule has 0 atom stereocenters. The van der Waals surface area contributed by atoms with Crippen molar-refractivity contribution in [3.05, 3.63) is 0 Å². The molecule has 32 valence electrons. The van der Waals surface area contributed by atoms with Crippen molar-refractivity contribution in [2.45, 2.75) is 6.42 Å². The summed E-state index contributed by atoms with van der Waals surface area (Å²) in [6.07, 6.45) is 0.00694. The van der Waals surface area contributed by atoms with Gasteiger partial charge in [-0.15, -0.1) is 0 Å². The van der Waals surface area contributed by atoms with E-state index in [2.05, 4.69) is 0 Å². The molecule has 0 aromatic heterocycles. The summed E-state index contributed by atoms with van der Waals surface area (Å²) in [5, 5.41) is 8.27. The lowest BCUT2D eigenvalue weighted by atomic mass is 10.5. The van der Waals surface area contributed by atoms with Gasteiger partial charge in [0.15, 0.2) is 0 Å². The molecule has 0 aromatic carbocycles. The van der Waals surface area contributed by atoms with Gasteiger partial charge in [-0.2, -0.15) is 0 Å². The van der Waals surface area contributed by atoms with Crippen LogP contribution in [-0.4, -0.2) is 18.2 Å². The summed E-state index contributed by atoms with van der Waals surface area (Å²) in [6.45, 7) is -1.89. The average molecular weight is 77.1 g/mol. The van der Waals surface area contributed by atoms with E-state index in [0.29, 0.717) is 0 Å². The first-order valence-electron chi connectivity index (χ1n) is 2.49. The van der Waals surface area contributed by atoms with Crippen LogP contribution in [0.15, 0.2) is 0 Å².